The van der Waals surface area contributed by atoms with E-state index < -0.39 is 5.91 Å². The van der Waals surface area contributed by atoms with E-state index in [1.54, 1.807) is 0 Å². The van der Waals surface area contributed by atoms with Gasteiger partial charge in [0.1, 0.15) is 0 Å². The van der Waals surface area contributed by atoms with Crippen LogP contribution in [0.1, 0.15) is 39.0 Å². The molecule has 1 atom stereocenters. The molecule has 0 N–H and O–H groups in total. The van der Waals surface area contributed by atoms with Crippen LogP contribution >= 0.6 is 24.4 Å². The maximum absolute atomic E-state index is 10.6. The normalized spacial score (nSPS) is 12.4. The van der Waals surface area contributed by atoms with Crippen LogP contribution in [0.3, 0.4) is 0 Å². The van der Waals surface area contributed by atoms with Gasteiger partial charge in [0.25, 0.3) is 5.91 Å². The molecule has 0 saturated carbocycles. The number of thiol groups is 1. The predicted octanol–water partition coefficient (Wildman–Crippen LogP) is 3.28. The summed E-state index contributed by atoms with van der Waals surface area (Å²) in [5.41, 5.74) is 0. The van der Waals surface area contributed by atoms with Crippen molar-refractivity contribution in [2.45, 2.75) is 44.3 Å². The zero-order valence-electron chi connectivity index (χ0n) is 9.15. The molecule has 0 heterocycles. The first-order valence-electron chi connectivity index (χ1n) is 5.33. The maximum Gasteiger partial charge on any atom is 0.286 e. The molecule has 0 spiro atoms. The standard InChI is InChI=1S/C10H19NO2S2/c1-2-15-9(7-8-14)5-3-4-6-10(12)11-13/h9,14H,2-8H2,1H3. The van der Waals surface area contributed by atoms with E-state index in [4.69, 9.17) is 0 Å². The van der Waals surface area contributed by atoms with Gasteiger partial charge >= 0.3 is 0 Å². The third kappa shape index (κ3) is 8.93. The van der Waals surface area contributed by atoms with Crippen molar-refractivity contribution in [3.8, 4) is 0 Å². The van der Waals surface area contributed by atoms with Gasteiger partial charge in [0.2, 0.25) is 0 Å². The summed E-state index contributed by atoms with van der Waals surface area (Å²) in [5.74, 6) is 1.50. The van der Waals surface area contributed by atoms with Crippen molar-refractivity contribution in [2.75, 3.05) is 11.5 Å². The summed E-state index contributed by atoms with van der Waals surface area (Å²) in [5, 5.41) is 3.02. The first-order valence-corrected chi connectivity index (χ1v) is 7.01. The smallest absolute Gasteiger partial charge is 0.269 e. The molecule has 0 aromatic carbocycles. The molecule has 0 aliphatic carbocycles. The molecule has 0 fully saturated rings. The number of thioether (sulfide) groups is 1. The largest absolute Gasteiger partial charge is 0.286 e. The number of carbonyl (C=O) groups is 1. The minimum atomic E-state index is -0.524. The number of rotatable bonds is 9. The summed E-state index contributed by atoms with van der Waals surface area (Å²) < 4.78 is 0. The summed E-state index contributed by atoms with van der Waals surface area (Å²) >= 11 is 6.17. The van der Waals surface area contributed by atoms with Gasteiger partial charge in [-0.1, -0.05) is 13.3 Å². The number of carbonyl (C=O) groups excluding carboxylic acids is 1. The van der Waals surface area contributed by atoms with Gasteiger partial charge in [-0.3, -0.25) is 4.79 Å². The quantitative estimate of drug-likeness (QED) is 0.387. The number of amides is 1. The van der Waals surface area contributed by atoms with E-state index in [9.17, 15) is 9.70 Å². The van der Waals surface area contributed by atoms with Crippen LogP contribution in [0.4, 0.5) is 0 Å². The van der Waals surface area contributed by atoms with Gasteiger partial charge < -0.3 is 0 Å². The van der Waals surface area contributed by atoms with Crippen LogP contribution in [-0.4, -0.2) is 22.7 Å². The third-order valence-electron chi connectivity index (χ3n) is 2.12. The molecule has 1 amide bonds. The van der Waals surface area contributed by atoms with Crippen LogP contribution in [0, 0.1) is 4.91 Å². The second-order valence-electron chi connectivity index (χ2n) is 3.32. The molecule has 0 radical (unpaired) electrons. The van der Waals surface area contributed by atoms with E-state index in [2.05, 4.69) is 24.7 Å². The lowest BCUT2D eigenvalue weighted by Crippen LogP contribution is -2.04. The van der Waals surface area contributed by atoms with Crippen LogP contribution in [0.25, 0.3) is 0 Å². The molecule has 0 rings (SSSR count). The predicted molar refractivity (Wildman–Crippen MR) is 69.7 cm³/mol. The van der Waals surface area contributed by atoms with Crippen molar-refractivity contribution in [3.63, 3.8) is 0 Å². The fourth-order valence-corrected chi connectivity index (χ4v) is 2.96. The molecule has 5 heteroatoms. The Hall–Kier alpha value is -0.0300. The SMILES string of the molecule is CCSC(CCS)CCCCC(=O)N=O. The Morgan fingerprint density at radius 1 is 1.40 bits per heavy atom. The van der Waals surface area contributed by atoms with Gasteiger partial charge in [-0.2, -0.15) is 24.4 Å². The van der Waals surface area contributed by atoms with Gasteiger partial charge in [0, 0.05) is 16.8 Å². The monoisotopic (exact) mass is 249 g/mol. The van der Waals surface area contributed by atoms with E-state index in [0.29, 0.717) is 11.7 Å². The second-order valence-corrected chi connectivity index (χ2v) is 5.35. The first kappa shape index (κ1) is 15.0. The molecule has 0 aliphatic rings. The van der Waals surface area contributed by atoms with Crippen molar-refractivity contribution < 1.29 is 4.79 Å². The molecule has 0 bridgehead atoms. The Labute approximate surface area is 101 Å². The second kappa shape index (κ2) is 10.5. The summed E-state index contributed by atoms with van der Waals surface area (Å²) in [6.07, 6.45) is 4.28. The Morgan fingerprint density at radius 2 is 2.13 bits per heavy atom. The molecule has 0 aromatic rings. The third-order valence-corrected chi connectivity index (χ3v) is 3.66. The highest BCUT2D eigenvalue weighted by molar-refractivity contribution is 7.99. The number of nitrogens with zero attached hydrogens (tertiary/aromatic N) is 1. The minimum absolute atomic E-state index is 0.299. The Kier molecular flexibility index (Phi) is 10.5. The van der Waals surface area contributed by atoms with Crippen LogP contribution in [0.5, 0.6) is 0 Å². The lowest BCUT2D eigenvalue weighted by atomic mass is 10.1. The van der Waals surface area contributed by atoms with E-state index in [1.165, 1.54) is 0 Å². The van der Waals surface area contributed by atoms with Gasteiger partial charge in [0.05, 0.1) is 0 Å². The zero-order chi connectivity index (χ0) is 11.5. The number of hydrogen-bond acceptors (Lipinski definition) is 4. The van der Waals surface area contributed by atoms with Gasteiger partial charge in [-0.25, -0.2) is 0 Å². The van der Waals surface area contributed by atoms with Crippen molar-refractivity contribution in [3.05, 3.63) is 4.91 Å². The van der Waals surface area contributed by atoms with E-state index >= 15 is 0 Å². The van der Waals surface area contributed by atoms with Crippen LogP contribution in [0.15, 0.2) is 5.18 Å². The van der Waals surface area contributed by atoms with Gasteiger partial charge in [0.15, 0.2) is 0 Å². The zero-order valence-corrected chi connectivity index (χ0v) is 10.9. The molecule has 15 heavy (non-hydrogen) atoms. The molecule has 0 aromatic heterocycles. The number of hydrogen-bond donors (Lipinski definition) is 1. The van der Waals surface area contributed by atoms with Crippen molar-refractivity contribution in [1.82, 2.24) is 0 Å². The lowest BCUT2D eigenvalue weighted by molar-refractivity contribution is -0.118. The van der Waals surface area contributed by atoms with Crippen molar-refractivity contribution in [2.24, 2.45) is 5.18 Å². The van der Waals surface area contributed by atoms with Gasteiger partial charge in [-0.15, -0.1) is 4.91 Å². The number of unbranched alkanes of at least 4 members (excludes halogenated alkanes) is 1. The lowest BCUT2D eigenvalue weighted by Gasteiger charge is -2.13. The summed E-state index contributed by atoms with van der Waals surface area (Å²) in [7, 11) is 0. The average Bonchev–Trinajstić information content (AvgIpc) is 2.24. The summed E-state index contributed by atoms with van der Waals surface area (Å²) in [6.45, 7) is 2.15. The van der Waals surface area contributed by atoms with E-state index in [-0.39, 0.29) is 0 Å². The van der Waals surface area contributed by atoms with Crippen LogP contribution in [0.2, 0.25) is 0 Å². The fourth-order valence-electron chi connectivity index (χ4n) is 1.38. The molecular formula is C10H19NO2S2. The van der Waals surface area contributed by atoms with Crippen LogP contribution in [-0.2, 0) is 4.79 Å². The molecule has 88 valence electrons. The highest BCUT2D eigenvalue weighted by Gasteiger charge is 2.07. The summed E-state index contributed by atoms with van der Waals surface area (Å²) in [4.78, 5) is 20.4. The Balaban J connectivity index is 3.52. The Bertz CT molecular complexity index is 182. The Morgan fingerprint density at radius 3 is 2.67 bits per heavy atom. The fraction of sp³-hybridized carbons (Fsp3) is 0.900. The maximum atomic E-state index is 10.6. The molecule has 0 saturated heterocycles. The summed E-state index contributed by atoms with van der Waals surface area (Å²) in [6, 6.07) is 0. The van der Waals surface area contributed by atoms with Crippen molar-refractivity contribution in [1.29, 1.82) is 0 Å². The molecule has 0 aliphatic heterocycles. The van der Waals surface area contributed by atoms with Gasteiger partial charge in [-0.05, 0) is 30.8 Å². The van der Waals surface area contributed by atoms with Crippen molar-refractivity contribution >= 4 is 30.3 Å². The molecule has 1 unspecified atom stereocenters. The molecular weight excluding hydrogens is 230 g/mol. The number of nitroso groups, excluding NO2 is 1. The minimum Gasteiger partial charge on any atom is -0.269 e. The molecule has 3 nitrogen and oxygen atoms in total. The first-order chi connectivity index (χ1) is 7.24. The highest BCUT2D eigenvalue weighted by atomic mass is 32.2. The topological polar surface area (TPSA) is 46.5 Å². The van der Waals surface area contributed by atoms with E-state index in [0.717, 1.165) is 37.2 Å². The van der Waals surface area contributed by atoms with E-state index in [1.807, 2.05) is 11.8 Å². The highest BCUT2D eigenvalue weighted by Crippen LogP contribution is 2.21. The average molecular weight is 249 g/mol. The van der Waals surface area contributed by atoms with Crippen LogP contribution < -0.4 is 0 Å².